The third-order valence-corrected chi connectivity index (χ3v) is 3.08. The number of nitrogens with two attached hydrogens (primary N) is 1. The van der Waals surface area contributed by atoms with Gasteiger partial charge in [-0.25, -0.2) is 9.37 Å². The topological polar surface area (TPSA) is 42.1 Å². The molecule has 1 aliphatic rings. The standard InChI is InChI=1S/C9H12FN3S/c10-7-2-1-3-13(5-7)9-12-8(4-11)6-14-9/h2,6H,1,3-5,11H2. The molecule has 1 aromatic heterocycles. The van der Waals surface area contributed by atoms with Gasteiger partial charge in [-0.2, -0.15) is 0 Å². The lowest BCUT2D eigenvalue weighted by molar-refractivity contribution is 0.574. The molecule has 0 fully saturated rings. The Balaban J connectivity index is 2.11. The maximum atomic E-state index is 13.0. The van der Waals surface area contributed by atoms with Gasteiger partial charge >= 0.3 is 0 Å². The average Bonchev–Trinajstić information content (AvgIpc) is 2.66. The SMILES string of the molecule is NCc1csc(N2CCC=C(F)C2)n1. The van der Waals surface area contributed by atoms with E-state index in [0.29, 0.717) is 13.1 Å². The molecule has 0 bridgehead atoms. The summed E-state index contributed by atoms with van der Waals surface area (Å²) in [7, 11) is 0. The Morgan fingerprint density at radius 1 is 1.64 bits per heavy atom. The molecule has 0 amide bonds. The summed E-state index contributed by atoms with van der Waals surface area (Å²) >= 11 is 1.52. The van der Waals surface area contributed by atoms with Crippen LogP contribution in [0, 0.1) is 0 Å². The number of hydrogen-bond donors (Lipinski definition) is 1. The highest BCUT2D eigenvalue weighted by Gasteiger charge is 2.15. The summed E-state index contributed by atoms with van der Waals surface area (Å²) in [4.78, 5) is 6.26. The number of anilines is 1. The summed E-state index contributed by atoms with van der Waals surface area (Å²) in [5.74, 6) is -0.0688. The molecule has 5 heteroatoms. The van der Waals surface area contributed by atoms with Gasteiger partial charge in [-0.05, 0) is 12.5 Å². The number of aromatic nitrogens is 1. The average molecular weight is 213 g/mol. The van der Waals surface area contributed by atoms with E-state index in [1.807, 2.05) is 10.3 Å². The quantitative estimate of drug-likeness (QED) is 0.812. The number of thiazole rings is 1. The summed E-state index contributed by atoms with van der Waals surface area (Å²) < 4.78 is 13.0. The van der Waals surface area contributed by atoms with Gasteiger partial charge in [-0.1, -0.05) is 0 Å². The number of halogens is 1. The minimum Gasteiger partial charge on any atom is -0.341 e. The Labute approximate surface area is 86.1 Å². The smallest absolute Gasteiger partial charge is 0.185 e. The van der Waals surface area contributed by atoms with Crippen molar-refractivity contribution in [2.75, 3.05) is 18.0 Å². The molecule has 0 saturated heterocycles. The van der Waals surface area contributed by atoms with Gasteiger partial charge in [-0.15, -0.1) is 11.3 Å². The van der Waals surface area contributed by atoms with E-state index in [1.54, 1.807) is 6.08 Å². The lowest BCUT2D eigenvalue weighted by Gasteiger charge is -2.23. The molecular formula is C9H12FN3S. The van der Waals surface area contributed by atoms with Crippen LogP contribution < -0.4 is 10.6 Å². The van der Waals surface area contributed by atoms with Crippen LogP contribution in [0.2, 0.25) is 0 Å². The van der Waals surface area contributed by atoms with Crippen molar-refractivity contribution in [3.8, 4) is 0 Å². The molecule has 2 rings (SSSR count). The Bertz CT molecular complexity index is 348. The summed E-state index contributed by atoms with van der Waals surface area (Å²) in [6.45, 7) is 1.63. The second-order valence-corrected chi connectivity index (χ2v) is 4.02. The second kappa shape index (κ2) is 4.06. The van der Waals surface area contributed by atoms with Gasteiger partial charge < -0.3 is 10.6 Å². The van der Waals surface area contributed by atoms with E-state index in [9.17, 15) is 4.39 Å². The van der Waals surface area contributed by atoms with Crippen LogP contribution in [0.3, 0.4) is 0 Å². The molecule has 2 N–H and O–H groups in total. The van der Waals surface area contributed by atoms with Gasteiger partial charge in [0.1, 0.15) is 5.83 Å². The predicted octanol–water partition coefficient (Wildman–Crippen LogP) is 1.67. The molecule has 2 heterocycles. The van der Waals surface area contributed by atoms with Crippen LogP contribution in [0.25, 0.3) is 0 Å². The van der Waals surface area contributed by atoms with E-state index in [0.717, 1.165) is 23.8 Å². The van der Waals surface area contributed by atoms with E-state index in [1.165, 1.54) is 11.3 Å². The normalized spacial score (nSPS) is 17.0. The zero-order valence-electron chi connectivity index (χ0n) is 7.74. The van der Waals surface area contributed by atoms with Gasteiger partial charge in [0.05, 0.1) is 12.2 Å². The van der Waals surface area contributed by atoms with Crippen LogP contribution in [-0.2, 0) is 6.54 Å². The molecule has 0 aliphatic carbocycles. The lowest BCUT2D eigenvalue weighted by atomic mass is 10.2. The maximum absolute atomic E-state index is 13.0. The third-order valence-electron chi connectivity index (χ3n) is 2.13. The third kappa shape index (κ3) is 1.93. The van der Waals surface area contributed by atoms with Crippen molar-refractivity contribution in [3.63, 3.8) is 0 Å². The Kier molecular flexibility index (Phi) is 2.79. The van der Waals surface area contributed by atoms with Crippen LogP contribution >= 0.6 is 11.3 Å². The Morgan fingerprint density at radius 2 is 2.50 bits per heavy atom. The number of rotatable bonds is 2. The highest BCUT2D eigenvalue weighted by Crippen LogP contribution is 2.24. The zero-order chi connectivity index (χ0) is 9.97. The summed E-state index contributed by atoms with van der Waals surface area (Å²) in [5.41, 5.74) is 6.34. The lowest BCUT2D eigenvalue weighted by Crippen LogP contribution is -2.28. The van der Waals surface area contributed by atoms with Crippen molar-refractivity contribution in [3.05, 3.63) is 23.0 Å². The molecule has 3 nitrogen and oxygen atoms in total. The van der Waals surface area contributed by atoms with E-state index >= 15 is 0 Å². The molecule has 0 aromatic carbocycles. The maximum Gasteiger partial charge on any atom is 0.185 e. The molecule has 0 unspecified atom stereocenters. The molecule has 0 spiro atoms. The molecule has 0 saturated carbocycles. The monoisotopic (exact) mass is 213 g/mol. The largest absolute Gasteiger partial charge is 0.341 e. The Morgan fingerprint density at radius 3 is 3.14 bits per heavy atom. The highest BCUT2D eigenvalue weighted by molar-refractivity contribution is 7.13. The van der Waals surface area contributed by atoms with E-state index in [2.05, 4.69) is 4.98 Å². The fraction of sp³-hybridized carbons (Fsp3) is 0.444. The van der Waals surface area contributed by atoms with Crippen LogP contribution in [0.4, 0.5) is 9.52 Å². The minimum absolute atomic E-state index is 0.0688. The molecule has 76 valence electrons. The van der Waals surface area contributed by atoms with E-state index in [4.69, 9.17) is 5.73 Å². The van der Waals surface area contributed by atoms with Gasteiger partial charge in [0.2, 0.25) is 0 Å². The van der Waals surface area contributed by atoms with Gasteiger partial charge in [0.25, 0.3) is 0 Å². The fourth-order valence-electron chi connectivity index (χ4n) is 1.40. The van der Waals surface area contributed by atoms with Gasteiger partial charge in [0.15, 0.2) is 5.13 Å². The number of nitrogens with zero attached hydrogens (tertiary/aromatic N) is 2. The van der Waals surface area contributed by atoms with Gasteiger partial charge in [0, 0.05) is 18.5 Å². The molecular weight excluding hydrogens is 201 g/mol. The number of hydrogen-bond acceptors (Lipinski definition) is 4. The predicted molar refractivity (Wildman–Crippen MR) is 56.0 cm³/mol. The van der Waals surface area contributed by atoms with Crippen molar-refractivity contribution < 1.29 is 4.39 Å². The first-order valence-electron chi connectivity index (χ1n) is 4.53. The van der Waals surface area contributed by atoms with Crippen LogP contribution in [0.1, 0.15) is 12.1 Å². The molecule has 1 aromatic rings. The molecule has 0 atom stereocenters. The van der Waals surface area contributed by atoms with Crippen LogP contribution in [0.5, 0.6) is 0 Å². The highest BCUT2D eigenvalue weighted by atomic mass is 32.1. The van der Waals surface area contributed by atoms with Crippen molar-refractivity contribution in [1.82, 2.24) is 4.98 Å². The molecule has 14 heavy (non-hydrogen) atoms. The van der Waals surface area contributed by atoms with Crippen LogP contribution in [0.15, 0.2) is 17.3 Å². The first kappa shape index (κ1) is 9.61. The van der Waals surface area contributed by atoms with Crippen molar-refractivity contribution >= 4 is 16.5 Å². The van der Waals surface area contributed by atoms with E-state index < -0.39 is 0 Å². The summed E-state index contributed by atoms with van der Waals surface area (Å²) in [6.07, 6.45) is 2.39. The fourth-order valence-corrected chi connectivity index (χ4v) is 2.27. The van der Waals surface area contributed by atoms with E-state index in [-0.39, 0.29) is 5.83 Å². The summed E-state index contributed by atoms with van der Waals surface area (Å²) in [6, 6.07) is 0. The van der Waals surface area contributed by atoms with Crippen LogP contribution in [-0.4, -0.2) is 18.1 Å². The Hall–Kier alpha value is -0.940. The molecule has 0 radical (unpaired) electrons. The van der Waals surface area contributed by atoms with Gasteiger partial charge in [-0.3, -0.25) is 0 Å². The second-order valence-electron chi connectivity index (χ2n) is 3.19. The minimum atomic E-state index is -0.0688. The van der Waals surface area contributed by atoms with Crippen molar-refractivity contribution in [2.24, 2.45) is 5.73 Å². The summed E-state index contributed by atoms with van der Waals surface area (Å²) in [5, 5.41) is 2.79. The first-order valence-corrected chi connectivity index (χ1v) is 5.41. The molecule has 1 aliphatic heterocycles. The van der Waals surface area contributed by atoms with Crippen molar-refractivity contribution in [2.45, 2.75) is 13.0 Å². The van der Waals surface area contributed by atoms with Crippen molar-refractivity contribution in [1.29, 1.82) is 0 Å². The first-order chi connectivity index (χ1) is 6.79. The zero-order valence-corrected chi connectivity index (χ0v) is 8.56.